The van der Waals surface area contributed by atoms with Crippen molar-refractivity contribution in [3.8, 4) is 11.5 Å². The van der Waals surface area contributed by atoms with Gasteiger partial charge in [-0.1, -0.05) is 0 Å². The first-order valence-electron chi connectivity index (χ1n) is 4.06. The summed E-state index contributed by atoms with van der Waals surface area (Å²) in [6.07, 6.45) is 0. The van der Waals surface area contributed by atoms with Crippen molar-refractivity contribution in [3.05, 3.63) is 21.9 Å². The Kier molecular flexibility index (Phi) is 3.31. The van der Waals surface area contributed by atoms with Crippen LogP contribution in [0.25, 0.3) is 0 Å². The maximum atomic E-state index is 13.2. The summed E-state index contributed by atoms with van der Waals surface area (Å²) in [5.74, 6) is -3.48. The molecular weight excluding hydrogens is 269 g/mol. The van der Waals surface area contributed by atoms with Crippen molar-refractivity contribution in [3.63, 3.8) is 0 Å². The maximum absolute atomic E-state index is 13.2. The summed E-state index contributed by atoms with van der Waals surface area (Å²) in [5.41, 5.74) is 5.06. The van der Waals surface area contributed by atoms with E-state index >= 15 is 0 Å². The molecule has 0 aliphatic rings. The topological polar surface area (TPSA) is 83.6 Å². The average molecular weight is 278 g/mol. The Morgan fingerprint density at radius 1 is 1.53 bits per heavy atom. The van der Waals surface area contributed by atoms with E-state index in [4.69, 9.17) is 10.8 Å². The maximum Gasteiger partial charge on any atom is 0.208 e. The van der Waals surface area contributed by atoms with Gasteiger partial charge in [-0.15, -0.1) is 0 Å². The normalized spacial score (nSPS) is 12.5. The number of benzene rings is 1. The zero-order chi connectivity index (χ0) is 11.7. The van der Waals surface area contributed by atoms with Crippen molar-refractivity contribution in [2.24, 2.45) is 5.73 Å². The van der Waals surface area contributed by atoms with Crippen molar-refractivity contribution in [2.75, 3.05) is 0 Å². The molecule has 1 rings (SSSR count). The van der Waals surface area contributed by atoms with Crippen LogP contribution >= 0.6 is 15.9 Å². The Hall–Kier alpha value is -1.14. The van der Waals surface area contributed by atoms with Crippen LogP contribution in [0.5, 0.6) is 11.5 Å². The molecule has 4 N–H and O–H groups in total. The van der Waals surface area contributed by atoms with Gasteiger partial charge in [-0.3, -0.25) is 4.79 Å². The second-order valence-corrected chi connectivity index (χ2v) is 3.92. The van der Waals surface area contributed by atoms with E-state index in [1.54, 1.807) is 0 Å². The van der Waals surface area contributed by atoms with E-state index in [1.807, 2.05) is 0 Å². The van der Waals surface area contributed by atoms with Gasteiger partial charge in [0.2, 0.25) is 5.82 Å². The lowest BCUT2D eigenvalue weighted by Crippen LogP contribution is -2.26. The fourth-order valence-corrected chi connectivity index (χ4v) is 1.43. The molecule has 0 saturated heterocycles. The highest BCUT2D eigenvalue weighted by atomic mass is 79.9. The minimum Gasteiger partial charge on any atom is -0.504 e. The molecule has 6 heteroatoms. The molecule has 0 aliphatic carbocycles. The molecule has 0 heterocycles. The smallest absolute Gasteiger partial charge is 0.208 e. The molecule has 0 aromatic heterocycles. The third-order valence-corrected chi connectivity index (χ3v) is 2.45. The number of carbonyl (C=O) groups is 1. The summed E-state index contributed by atoms with van der Waals surface area (Å²) in [5, 5.41) is 18.4. The average Bonchev–Trinajstić information content (AvgIpc) is 2.19. The summed E-state index contributed by atoms with van der Waals surface area (Å²) in [6.45, 7) is 1.42. The summed E-state index contributed by atoms with van der Waals surface area (Å²) < 4.78 is 13.1. The predicted molar refractivity (Wildman–Crippen MR) is 55.4 cm³/mol. The fraction of sp³-hybridized carbons (Fsp3) is 0.222. The van der Waals surface area contributed by atoms with Gasteiger partial charge in [0.25, 0.3) is 0 Å². The van der Waals surface area contributed by atoms with Crippen LogP contribution in [0, 0.1) is 5.82 Å². The van der Waals surface area contributed by atoms with E-state index in [0.717, 1.165) is 6.07 Å². The molecule has 0 saturated carbocycles. The summed E-state index contributed by atoms with van der Waals surface area (Å²) in [4.78, 5) is 11.4. The van der Waals surface area contributed by atoms with E-state index < -0.39 is 29.1 Å². The lowest BCUT2D eigenvalue weighted by Gasteiger charge is -2.09. The number of hydrogen-bond donors (Lipinski definition) is 3. The van der Waals surface area contributed by atoms with Crippen LogP contribution < -0.4 is 5.73 Å². The quantitative estimate of drug-likeness (QED) is 0.716. The molecular formula is C9H9BrFNO3. The second kappa shape index (κ2) is 4.16. The molecule has 0 fully saturated rings. The van der Waals surface area contributed by atoms with Crippen LogP contribution in [-0.2, 0) is 0 Å². The highest BCUT2D eigenvalue weighted by molar-refractivity contribution is 9.10. The molecule has 0 bridgehead atoms. The lowest BCUT2D eigenvalue weighted by atomic mass is 10.0. The van der Waals surface area contributed by atoms with Crippen molar-refractivity contribution in [2.45, 2.75) is 13.0 Å². The number of carbonyl (C=O) groups excluding carboxylic acids is 1. The molecule has 1 unspecified atom stereocenters. The Balaban J connectivity index is 3.39. The number of halogens is 2. The monoisotopic (exact) mass is 277 g/mol. The zero-order valence-corrected chi connectivity index (χ0v) is 9.38. The molecule has 0 radical (unpaired) electrons. The number of rotatable bonds is 2. The zero-order valence-electron chi connectivity index (χ0n) is 7.79. The molecule has 4 nitrogen and oxygen atoms in total. The van der Waals surface area contributed by atoms with Gasteiger partial charge in [0.1, 0.15) is 0 Å². The van der Waals surface area contributed by atoms with Crippen molar-refractivity contribution >= 4 is 21.7 Å². The van der Waals surface area contributed by atoms with Crippen LogP contribution in [0.15, 0.2) is 10.5 Å². The highest BCUT2D eigenvalue weighted by Gasteiger charge is 2.22. The van der Waals surface area contributed by atoms with Crippen molar-refractivity contribution in [1.82, 2.24) is 0 Å². The number of ketones is 1. The number of nitrogens with two attached hydrogens (primary N) is 1. The predicted octanol–water partition coefficient (Wildman–Crippen LogP) is 1.53. The lowest BCUT2D eigenvalue weighted by molar-refractivity contribution is 0.0964. The number of Topliss-reactive ketones (excluding diaryl/α,β-unsaturated/α-hetero) is 1. The Morgan fingerprint density at radius 3 is 2.53 bits per heavy atom. The molecule has 1 atom stereocenters. The summed E-state index contributed by atoms with van der Waals surface area (Å²) >= 11 is 2.85. The first kappa shape index (κ1) is 11.9. The van der Waals surface area contributed by atoms with E-state index in [1.165, 1.54) is 6.92 Å². The standard InChI is InChI=1S/C9H9BrFNO3/c1-3(12)7(13)4-2-5(10)9(15)6(11)8(4)14/h2-3,14-15H,12H2,1H3. The molecule has 82 valence electrons. The summed E-state index contributed by atoms with van der Waals surface area (Å²) in [6, 6.07) is 0.270. The van der Waals surface area contributed by atoms with Crippen LogP contribution in [0.3, 0.4) is 0 Å². The summed E-state index contributed by atoms with van der Waals surface area (Å²) in [7, 11) is 0. The number of phenols is 2. The van der Waals surface area contributed by atoms with E-state index in [9.17, 15) is 14.3 Å². The first-order chi connectivity index (χ1) is 6.86. The first-order valence-corrected chi connectivity index (χ1v) is 4.85. The molecule has 1 aromatic carbocycles. The van der Waals surface area contributed by atoms with Gasteiger partial charge in [-0.2, -0.15) is 4.39 Å². The third kappa shape index (κ3) is 2.10. The molecule has 0 spiro atoms. The van der Waals surface area contributed by atoms with Gasteiger partial charge in [0.15, 0.2) is 17.3 Å². The van der Waals surface area contributed by atoms with E-state index in [0.29, 0.717) is 0 Å². The largest absolute Gasteiger partial charge is 0.504 e. The number of hydrogen-bond acceptors (Lipinski definition) is 4. The Labute approximate surface area is 93.6 Å². The van der Waals surface area contributed by atoms with Gasteiger partial charge in [-0.25, -0.2) is 0 Å². The molecule has 0 aliphatic heterocycles. The van der Waals surface area contributed by atoms with Gasteiger partial charge in [-0.05, 0) is 28.9 Å². The van der Waals surface area contributed by atoms with Crippen molar-refractivity contribution in [1.29, 1.82) is 0 Å². The Bertz CT molecular complexity index is 420. The Morgan fingerprint density at radius 2 is 2.07 bits per heavy atom. The molecule has 15 heavy (non-hydrogen) atoms. The minimum atomic E-state index is -1.24. The number of aromatic hydroxyl groups is 2. The van der Waals surface area contributed by atoms with Gasteiger partial charge in [0, 0.05) is 0 Å². The highest BCUT2D eigenvalue weighted by Crippen LogP contribution is 2.35. The number of phenolic OH excluding ortho intramolecular Hbond substituents is 2. The van der Waals surface area contributed by atoms with Crippen LogP contribution in [0.2, 0.25) is 0 Å². The van der Waals surface area contributed by atoms with Gasteiger partial charge in [0.05, 0.1) is 16.1 Å². The fourth-order valence-electron chi connectivity index (χ4n) is 1.03. The molecule has 1 aromatic rings. The van der Waals surface area contributed by atoms with Crippen LogP contribution in [-0.4, -0.2) is 22.0 Å². The van der Waals surface area contributed by atoms with Gasteiger partial charge < -0.3 is 15.9 Å². The van der Waals surface area contributed by atoms with E-state index in [2.05, 4.69) is 15.9 Å². The third-order valence-electron chi connectivity index (χ3n) is 1.85. The molecule has 0 amide bonds. The SMILES string of the molecule is CC(N)C(=O)c1cc(Br)c(O)c(F)c1O. The minimum absolute atomic E-state index is 0.0122. The van der Waals surface area contributed by atoms with Crippen LogP contribution in [0.1, 0.15) is 17.3 Å². The van der Waals surface area contributed by atoms with Gasteiger partial charge >= 0.3 is 0 Å². The second-order valence-electron chi connectivity index (χ2n) is 3.07. The van der Waals surface area contributed by atoms with E-state index in [-0.39, 0.29) is 10.0 Å². The van der Waals surface area contributed by atoms with Crippen molar-refractivity contribution < 1.29 is 19.4 Å². The van der Waals surface area contributed by atoms with Crippen LogP contribution in [0.4, 0.5) is 4.39 Å².